The predicted octanol–water partition coefficient (Wildman–Crippen LogP) is 11.7. The van der Waals surface area contributed by atoms with Gasteiger partial charge in [0.15, 0.2) is 17.6 Å². The first-order valence-corrected chi connectivity index (χ1v) is 18.8. The molecular formula is C50H35N3O2. The maximum absolute atomic E-state index is 6.79. The maximum Gasteiger partial charge on any atom is 0.187 e. The van der Waals surface area contributed by atoms with Gasteiger partial charge in [-0.1, -0.05) is 146 Å². The van der Waals surface area contributed by atoms with Gasteiger partial charge in [0.1, 0.15) is 17.4 Å². The highest BCUT2D eigenvalue weighted by molar-refractivity contribution is 6.20. The second-order valence-electron chi connectivity index (χ2n) is 14.3. The molecule has 0 saturated heterocycles. The molecule has 1 aromatic heterocycles. The zero-order valence-electron chi connectivity index (χ0n) is 29.9. The Hall–Kier alpha value is -7.11. The van der Waals surface area contributed by atoms with Crippen molar-refractivity contribution in [3.63, 3.8) is 0 Å². The lowest BCUT2D eigenvalue weighted by atomic mass is 10.00. The Labute approximate surface area is 318 Å². The van der Waals surface area contributed by atoms with Crippen LogP contribution in [0, 0.1) is 0 Å². The largest absolute Gasteiger partial charge is 0.476 e. The Balaban J connectivity index is 0.975. The number of aromatic nitrogens is 1. The normalized spacial score (nSPS) is 17.3. The van der Waals surface area contributed by atoms with Gasteiger partial charge in [0.05, 0.1) is 11.2 Å². The molecule has 262 valence electrons. The van der Waals surface area contributed by atoms with E-state index in [4.69, 9.17) is 14.5 Å². The molecular weight excluding hydrogens is 675 g/mol. The molecule has 0 spiro atoms. The van der Waals surface area contributed by atoms with Crippen molar-refractivity contribution in [2.75, 3.05) is 0 Å². The molecule has 0 bridgehead atoms. The van der Waals surface area contributed by atoms with Crippen LogP contribution in [0.2, 0.25) is 0 Å². The van der Waals surface area contributed by atoms with E-state index in [0.29, 0.717) is 0 Å². The summed E-state index contributed by atoms with van der Waals surface area (Å²) in [5, 5.41) is 8.41. The smallest absolute Gasteiger partial charge is 0.187 e. The monoisotopic (exact) mass is 709 g/mol. The number of hydrogen-bond acceptors (Lipinski definition) is 4. The minimum atomic E-state index is -0.217. The number of nitrogens with zero attached hydrogens (tertiary/aromatic N) is 2. The van der Waals surface area contributed by atoms with E-state index in [-0.39, 0.29) is 12.3 Å². The summed E-state index contributed by atoms with van der Waals surface area (Å²) in [5.74, 6) is 2.39. The van der Waals surface area contributed by atoms with Crippen molar-refractivity contribution in [2.45, 2.75) is 18.7 Å². The van der Waals surface area contributed by atoms with E-state index in [1.54, 1.807) is 0 Å². The molecule has 5 nitrogen and oxygen atoms in total. The molecule has 11 rings (SSSR count). The van der Waals surface area contributed by atoms with E-state index < -0.39 is 0 Å². The number of benzene rings is 7. The third kappa shape index (κ3) is 5.35. The van der Waals surface area contributed by atoms with Crippen LogP contribution in [-0.4, -0.2) is 16.4 Å². The first kappa shape index (κ1) is 31.4. The van der Waals surface area contributed by atoms with E-state index in [2.05, 4.69) is 162 Å². The fraction of sp³-hybridized carbons (Fsp3) is 0.0600. The molecule has 2 unspecified atom stereocenters. The van der Waals surface area contributed by atoms with Crippen molar-refractivity contribution in [1.29, 1.82) is 0 Å². The van der Waals surface area contributed by atoms with Gasteiger partial charge in [0.25, 0.3) is 0 Å². The van der Waals surface area contributed by atoms with Crippen molar-refractivity contribution < 1.29 is 9.47 Å². The summed E-state index contributed by atoms with van der Waals surface area (Å²) in [5.41, 5.74) is 10.9. The van der Waals surface area contributed by atoms with Gasteiger partial charge >= 0.3 is 0 Å². The predicted molar refractivity (Wildman–Crippen MR) is 224 cm³/mol. The number of hydrogen-bond donors (Lipinski definition) is 1. The van der Waals surface area contributed by atoms with Crippen LogP contribution in [0.3, 0.4) is 0 Å². The van der Waals surface area contributed by atoms with Gasteiger partial charge in [-0.3, -0.25) is 4.99 Å². The Morgan fingerprint density at radius 1 is 0.600 bits per heavy atom. The molecule has 3 aliphatic rings. The number of allylic oxidation sites excluding steroid dienone is 3. The number of ether oxygens (including phenoxy) is 2. The van der Waals surface area contributed by atoms with E-state index in [1.807, 2.05) is 30.4 Å². The van der Waals surface area contributed by atoms with Gasteiger partial charge in [-0.25, -0.2) is 0 Å². The van der Waals surface area contributed by atoms with Crippen LogP contribution in [0.4, 0.5) is 0 Å². The van der Waals surface area contributed by atoms with Crippen LogP contribution < -0.4 is 14.8 Å². The maximum atomic E-state index is 6.79. The van der Waals surface area contributed by atoms with Gasteiger partial charge in [0, 0.05) is 34.0 Å². The van der Waals surface area contributed by atoms with Crippen molar-refractivity contribution in [1.82, 2.24) is 9.88 Å². The molecule has 3 heterocycles. The van der Waals surface area contributed by atoms with Crippen LogP contribution in [-0.2, 0) is 0 Å². The summed E-state index contributed by atoms with van der Waals surface area (Å²) in [6, 6.07) is 55.8. The van der Waals surface area contributed by atoms with E-state index >= 15 is 0 Å². The minimum absolute atomic E-state index is 0.142. The lowest BCUT2D eigenvalue weighted by Crippen LogP contribution is -2.28. The van der Waals surface area contributed by atoms with Gasteiger partial charge in [0.2, 0.25) is 0 Å². The van der Waals surface area contributed by atoms with Gasteiger partial charge in [-0.15, -0.1) is 0 Å². The molecule has 8 aromatic rings. The SMILES string of the molecule is C1=CCC2Oc3c(ccc4c5ccc6ccccc6c5n(-c5ccc(-c6ccc(C7N=C(c8ccccc8)C=C(c8ccccc8)N7)cc6)cc5)c34)OC2=C1. The average Bonchev–Trinajstić information content (AvgIpc) is 3.62. The molecule has 55 heavy (non-hydrogen) atoms. The van der Waals surface area contributed by atoms with Crippen molar-refractivity contribution in [3.8, 4) is 28.3 Å². The van der Waals surface area contributed by atoms with Crippen molar-refractivity contribution >= 4 is 44.0 Å². The van der Waals surface area contributed by atoms with Crippen LogP contribution in [0.25, 0.3) is 55.1 Å². The molecule has 1 N–H and O–H groups in total. The van der Waals surface area contributed by atoms with Crippen molar-refractivity contribution in [2.24, 2.45) is 4.99 Å². The summed E-state index contributed by atoms with van der Waals surface area (Å²) >= 11 is 0. The second-order valence-corrected chi connectivity index (χ2v) is 14.3. The molecule has 5 heteroatoms. The quantitative estimate of drug-likeness (QED) is 0.194. The molecule has 0 radical (unpaired) electrons. The minimum Gasteiger partial charge on any atom is -0.476 e. The standard InChI is InChI=1S/C50H35N3O2/c1-3-12-35(13-4-1)42-31-43(36-14-5-2-6-15-36)52-50(51-42)37-21-19-32(20-22-37)33-23-26-38(27-24-33)53-47-39-16-8-7-11-34(39)25-28-40(47)41-29-30-46-49(48(41)53)55-45-18-10-9-17-44(45)54-46/h1-17,19-31,45,50-51H,18H2. The Kier molecular flexibility index (Phi) is 7.30. The topological polar surface area (TPSA) is 47.8 Å². The van der Waals surface area contributed by atoms with Crippen LogP contribution in [0.5, 0.6) is 11.5 Å². The second kappa shape index (κ2) is 12.8. The number of rotatable bonds is 5. The Morgan fingerprint density at radius 3 is 2.09 bits per heavy atom. The molecule has 2 atom stereocenters. The van der Waals surface area contributed by atoms with Gasteiger partial charge < -0.3 is 19.4 Å². The third-order valence-electron chi connectivity index (χ3n) is 11.0. The molecule has 0 saturated carbocycles. The number of nitrogens with one attached hydrogen (secondary N) is 1. The Bertz CT molecular complexity index is 2900. The van der Waals surface area contributed by atoms with E-state index in [9.17, 15) is 0 Å². The number of fused-ring (bicyclic) bond motifs is 8. The lowest BCUT2D eigenvalue weighted by molar-refractivity contribution is 0.149. The lowest BCUT2D eigenvalue weighted by Gasteiger charge is -2.30. The molecule has 0 amide bonds. The van der Waals surface area contributed by atoms with Crippen molar-refractivity contribution in [3.05, 3.63) is 204 Å². The highest BCUT2D eigenvalue weighted by atomic mass is 16.6. The highest BCUT2D eigenvalue weighted by Gasteiger charge is 2.31. The Morgan fingerprint density at radius 2 is 1.29 bits per heavy atom. The molecule has 0 fully saturated rings. The summed E-state index contributed by atoms with van der Waals surface area (Å²) in [7, 11) is 0. The highest BCUT2D eigenvalue weighted by Crippen LogP contribution is 2.48. The van der Waals surface area contributed by atoms with Gasteiger partial charge in [-0.2, -0.15) is 0 Å². The third-order valence-corrected chi connectivity index (χ3v) is 11.0. The van der Waals surface area contributed by atoms with Crippen LogP contribution in [0.1, 0.15) is 29.3 Å². The van der Waals surface area contributed by atoms with E-state index in [1.165, 1.54) is 16.2 Å². The molecule has 2 aliphatic heterocycles. The summed E-state index contributed by atoms with van der Waals surface area (Å²) < 4.78 is 15.6. The molecule has 7 aromatic carbocycles. The fourth-order valence-corrected chi connectivity index (χ4v) is 8.24. The number of aliphatic imine (C=N–C) groups is 1. The van der Waals surface area contributed by atoms with Gasteiger partial charge in [-0.05, 0) is 69.6 Å². The summed E-state index contributed by atoms with van der Waals surface area (Å²) in [4.78, 5) is 5.17. The van der Waals surface area contributed by atoms with Crippen LogP contribution in [0.15, 0.2) is 193 Å². The summed E-state index contributed by atoms with van der Waals surface area (Å²) in [6.07, 6.45) is 8.75. The fourth-order valence-electron chi connectivity index (χ4n) is 8.24. The first-order chi connectivity index (χ1) is 27.2. The first-order valence-electron chi connectivity index (χ1n) is 18.8. The zero-order valence-corrected chi connectivity index (χ0v) is 29.9. The average molecular weight is 710 g/mol. The van der Waals surface area contributed by atoms with Crippen LogP contribution >= 0.6 is 0 Å². The zero-order chi connectivity index (χ0) is 36.3. The molecule has 1 aliphatic carbocycles. The summed E-state index contributed by atoms with van der Waals surface area (Å²) in [6.45, 7) is 0. The van der Waals surface area contributed by atoms with E-state index in [0.717, 1.165) is 85.0 Å².